The molecule has 0 fully saturated rings. The number of aryl methyl sites for hydroxylation is 2. The minimum Gasteiger partial charge on any atom is -0.321 e. The van der Waals surface area contributed by atoms with Gasteiger partial charge in [-0.3, -0.25) is 14.3 Å². The van der Waals surface area contributed by atoms with Crippen molar-refractivity contribution in [3.63, 3.8) is 0 Å². The Hall–Kier alpha value is -2.43. The number of amides is 1. The van der Waals surface area contributed by atoms with Crippen molar-refractivity contribution in [1.29, 1.82) is 0 Å². The van der Waals surface area contributed by atoms with Crippen molar-refractivity contribution in [2.75, 3.05) is 5.32 Å². The fourth-order valence-corrected chi connectivity index (χ4v) is 1.75. The molecule has 2 aromatic rings. The summed E-state index contributed by atoms with van der Waals surface area (Å²) in [6.07, 6.45) is 1.55. The fourth-order valence-electron chi connectivity index (χ4n) is 1.75. The molecule has 1 amide bonds. The molecule has 0 unspecified atom stereocenters. The van der Waals surface area contributed by atoms with Gasteiger partial charge in [0.05, 0.1) is 5.69 Å². The average Bonchev–Trinajstić information content (AvgIpc) is 2.81. The summed E-state index contributed by atoms with van der Waals surface area (Å²) in [4.78, 5) is 22.6. The quantitative estimate of drug-likeness (QED) is 0.852. The summed E-state index contributed by atoms with van der Waals surface area (Å²) in [6.45, 7) is 1.99. The average molecular weight is 257 g/mol. The highest BCUT2D eigenvalue weighted by atomic mass is 16.2. The lowest BCUT2D eigenvalue weighted by atomic mass is 10.2. The third-order valence-corrected chi connectivity index (χ3v) is 2.83. The Morgan fingerprint density at radius 2 is 2.05 bits per heavy atom. The van der Waals surface area contributed by atoms with Gasteiger partial charge in [0, 0.05) is 18.3 Å². The monoisotopic (exact) mass is 257 g/mol. The maximum atomic E-state index is 12.1. The molecule has 0 aliphatic heterocycles. The topological polar surface area (TPSA) is 64.0 Å². The Labute approximate surface area is 111 Å². The second kappa shape index (κ2) is 5.48. The molecule has 0 atom stereocenters. The lowest BCUT2D eigenvalue weighted by Gasteiger charge is -2.05. The van der Waals surface area contributed by atoms with Gasteiger partial charge in [-0.05, 0) is 36.8 Å². The van der Waals surface area contributed by atoms with E-state index in [0.29, 0.717) is 16.9 Å². The second-order valence-corrected chi connectivity index (χ2v) is 4.19. The van der Waals surface area contributed by atoms with Crippen molar-refractivity contribution >= 4 is 17.9 Å². The van der Waals surface area contributed by atoms with Crippen LogP contribution in [0.3, 0.4) is 0 Å². The number of anilines is 1. The predicted molar refractivity (Wildman–Crippen MR) is 72.4 cm³/mol. The first-order chi connectivity index (χ1) is 9.13. The molecule has 0 radical (unpaired) electrons. The minimum absolute atomic E-state index is 0.214. The summed E-state index contributed by atoms with van der Waals surface area (Å²) in [5.41, 5.74) is 2.61. The highest BCUT2D eigenvalue weighted by molar-refractivity contribution is 6.03. The van der Waals surface area contributed by atoms with Gasteiger partial charge < -0.3 is 5.32 Å². The lowest BCUT2D eigenvalue weighted by molar-refractivity contribution is 0.101. The molecule has 0 saturated carbocycles. The van der Waals surface area contributed by atoms with E-state index in [1.165, 1.54) is 0 Å². The smallest absolute Gasteiger partial charge is 0.273 e. The van der Waals surface area contributed by atoms with Crippen LogP contribution in [0.1, 0.15) is 33.5 Å². The highest BCUT2D eigenvalue weighted by Gasteiger charge is 2.12. The Morgan fingerprint density at radius 1 is 1.37 bits per heavy atom. The molecule has 0 spiro atoms. The molecule has 1 heterocycles. The molecule has 1 aromatic carbocycles. The van der Waals surface area contributed by atoms with Crippen molar-refractivity contribution < 1.29 is 9.59 Å². The molecule has 0 aliphatic rings. The van der Waals surface area contributed by atoms with Crippen LogP contribution in [0.4, 0.5) is 5.69 Å². The third-order valence-electron chi connectivity index (χ3n) is 2.83. The number of nitrogens with one attached hydrogen (secondary N) is 1. The van der Waals surface area contributed by atoms with Gasteiger partial charge in [-0.25, -0.2) is 0 Å². The van der Waals surface area contributed by atoms with Crippen LogP contribution in [0.2, 0.25) is 0 Å². The Balaban J connectivity index is 2.15. The number of benzene rings is 1. The van der Waals surface area contributed by atoms with Crippen molar-refractivity contribution in [3.8, 4) is 0 Å². The number of aldehydes is 1. The first kappa shape index (κ1) is 13.0. The first-order valence-electron chi connectivity index (χ1n) is 6.03. The number of carbonyl (C=O) groups excluding carboxylic acids is 2. The number of hydrogen-bond acceptors (Lipinski definition) is 3. The van der Waals surface area contributed by atoms with E-state index in [4.69, 9.17) is 0 Å². The van der Waals surface area contributed by atoms with Crippen molar-refractivity contribution in [2.24, 2.45) is 7.05 Å². The van der Waals surface area contributed by atoms with Gasteiger partial charge in [0.15, 0.2) is 0 Å². The molecule has 1 N–H and O–H groups in total. The molecule has 5 heteroatoms. The van der Waals surface area contributed by atoms with E-state index < -0.39 is 0 Å². The molecule has 0 bridgehead atoms. The zero-order valence-corrected chi connectivity index (χ0v) is 10.9. The van der Waals surface area contributed by atoms with Crippen LogP contribution in [0.5, 0.6) is 0 Å². The summed E-state index contributed by atoms with van der Waals surface area (Å²) < 4.78 is 1.56. The largest absolute Gasteiger partial charge is 0.321 e. The summed E-state index contributed by atoms with van der Waals surface area (Å²) in [6, 6.07) is 8.47. The van der Waals surface area contributed by atoms with Crippen LogP contribution in [0.25, 0.3) is 0 Å². The van der Waals surface area contributed by atoms with Crippen molar-refractivity contribution in [2.45, 2.75) is 13.3 Å². The lowest BCUT2D eigenvalue weighted by Crippen LogP contribution is -2.15. The van der Waals surface area contributed by atoms with Crippen LogP contribution in [0, 0.1) is 0 Å². The summed E-state index contributed by atoms with van der Waals surface area (Å²) >= 11 is 0. The number of hydrogen-bond donors (Lipinski definition) is 1. The van der Waals surface area contributed by atoms with Gasteiger partial charge in [-0.1, -0.05) is 6.92 Å². The molecular formula is C14H15N3O2. The van der Waals surface area contributed by atoms with Gasteiger partial charge in [-0.2, -0.15) is 5.10 Å². The number of rotatable bonds is 4. The third kappa shape index (κ3) is 2.88. The number of nitrogens with zero attached hydrogens (tertiary/aromatic N) is 2. The van der Waals surface area contributed by atoms with E-state index in [-0.39, 0.29) is 5.91 Å². The standard InChI is InChI=1S/C14H15N3O2/c1-3-11-8-13(17(2)16-11)14(19)15-12-6-4-10(9-18)5-7-12/h4-9H,3H2,1-2H3,(H,15,19). The Kier molecular flexibility index (Phi) is 3.75. The Bertz CT molecular complexity index is 600. The molecule has 2 rings (SSSR count). The van der Waals surface area contributed by atoms with Gasteiger partial charge in [0.2, 0.25) is 0 Å². The molecule has 5 nitrogen and oxygen atoms in total. The van der Waals surface area contributed by atoms with Crippen molar-refractivity contribution in [3.05, 3.63) is 47.3 Å². The van der Waals surface area contributed by atoms with E-state index in [9.17, 15) is 9.59 Å². The molecule has 0 saturated heterocycles. The van der Waals surface area contributed by atoms with Crippen LogP contribution >= 0.6 is 0 Å². The summed E-state index contributed by atoms with van der Waals surface area (Å²) in [7, 11) is 1.74. The van der Waals surface area contributed by atoms with E-state index >= 15 is 0 Å². The highest BCUT2D eigenvalue weighted by Crippen LogP contribution is 2.11. The van der Waals surface area contributed by atoms with E-state index in [0.717, 1.165) is 18.4 Å². The molecule has 1 aromatic heterocycles. The second-order valence-electron chi connectivity index (χ2n) is 4.19. The van der Waals surface area contributed by atoms with Crippen LogP contribution in [-0.4, -0.2) is 22.0 Å². The van der Waals surface area contributed by atoms with Crippen LogP contribution in [-0.2, 0) is 13.5 Å². The molecular weight excluding hydrogens is 242 g/mol. The molecule has 19 heavy (non-hydrogen) atoms. The number of carbonyl (C=O) groups is 2. The SMILES string of the molecule is CCc1cc(C(=O)Nc2ccc(C=O)cc2)n(C)n1. The Morgan fingerprint density at radius 3 is 2.58 bits per heavy atom. The van der Waals surface area contributed by atoms with E-state index in [1.54, 1.807) is 42.1 Å². The minimum atomic E-state index is -0.214. The van der Waals surface area contributed by atoms with E-state index in [1.807, 2.05) is 6.92 Å². The zero-order valence-electron chi connectivity index (χ0n) is 10.9. The molecule has 98 valence electrons. The fraction of sp³-hybridized carbons (Fsp3) is 0.214. The summed E-state index contributed by atoms with van der Waals surface area (Å²) in [5, 5.41) is 7.00. The summed E-state index contributed by atoms with van der Waals surface area (Å²) in [5.74, 6) is -0.214. The van der Waals surface area contributed by atoms with Gasteiger partial charge >= 0.3 is 0 Å². The van der Waals surface area contributed by atoms with Crippen LogP contribution < -0.4 is 5.32 Å². The van der Waals surface area contributed by atoms with Gasteiger partial charge in [0.1, 0.15) is 12.0 Å². The predicted octanol–water partition coefficient (Wildman–Crippen LogP) is 2.05. The normalized spacial score (nSPS) is 10.2. The zero-order chi connectivity index (χ0) is 13.8. The van der Waals surface area contributed by atoms with Crippen molar-refractivity contribution in [1.82, 2.24) is 9.78 Å². The van der Waals surface area contributed by atoms with Gasteiger partial charge in [0.25, 0.3) is 5.91 Å². The van der Waals surface area contributed by atoms with Gasteiger partial charge in [-0.15, -0.1) is 0 Å². The number of aromatic nitrogens is 2. The molecule has 0 aliphatic carbocycles. The maximum absolute atomic E-state index is 12.1. The van der Waals surface area contributed by atoms with E-state index in [2.05, 4.69) is 10.4 Å². The first-order valence-corrected chi connectivity index (χ1v) is 6.03. The maximum Gasteiger partial charge on any atom is 0.273 e. The van der Waals surface area contributed by atoms with Crippen LogP contribution in [0.15, 0.2) is 30.3 Å².